The second kappa shape index (κ2) is 4.48. The molecule has 0 amide bonds. The van der Waals surface area contributed by atoms with Crippen LogP contribution in [-0.4, -0.2) is 29.0 Å². The zero-order chi connectivity index (χ0) is 12.5. The number of hydrogen-bond acceptors (Lipinski definition) is 3. The fourth-order valence-electron chi connectivity index (χ4n) is 2.22. The van der Waals surface area contributed by atoms with E-state index in [2.05, 4.69) is 9.97 Å². The second-order valence-corrected chi connectivity index (χ2v) is 4.45. The lowest BCUT2D eigenvalue weighted by atomic mass is 10.1. The molecule has 0 N–H and O–H groups in total. The smallest absolute Gasteiger partial charge is 0.228 e. The average Bonchev–Trinajstić information content (AvgIpc) is 2.41. The van der Waals surface area contributed by atoms with Crippen LogP contribution in [0.1, 0.15) is 12.8 Å². The van der Waals surface area contributed by atoms with Crippen LogP contribution >= 0.6 is 0 Å². The van der Waals surface area contributed by atoms with Gasteiger partial charge in [-0.2, -0.15) is 0 Å². The zero-order valence-electron chi connectivity index (χ0n) is 9.76. The predicted molar refractivity (Wildman–Crippen MR) is 65.9 cm³/mol. The van der Waals surface area contributed by atoms with Crippen LogP contribution in [0.25, 0.3) is 10.9 Å². The number of anilines is 1. The van der Waals surface area contributed by atoms with E-state index in [1.165, 1.54) is 4.90 Å². The van der Waals surface area contributed by atoms with Crippen LogP contribution in [-0.2, 0) is 0 Å². The summed E-state index contributed by atoms with van der Waals surface area (Å²) in [5, 5.41) is 0.894. The van der Waals surface area contributed by atoms with Gasteiger partial charge in [0.15, 0.2) is 0 Å². The maximum atomic E-state index is 13.8. The Kier molecular flexibility index (Phi) is 2.81. The molecular weight excluding hydrogens is 236 g/mol. The first-order valence-corrected chi connectivity index (χ1v) is 6.02. The maximum absolute atomic E-state index is 13.8. The Morgan fingerprint density at radius 2 is 2.06 bits per heavy atom. The summed E-state index contributed by atoms with van der Waals surface area (Å²) in [4.78, 5) is 9.72. The number of piperidine rings is 1. The minimum atomic E-state index is -1.64. The molecule has 0 radical (unpaired) electrons. The minimum absolute atomic E-state index is 0.267. The summed E-state index contributed by atoms with van der Waals surface area (Å²) in [6.45, 7) is 0.458. The highest BCUT2D eigenvalue weighted by molar-refractivity contribution is 5.78. The van der Waals surface area contributed by atoms with E-state index >= 15 is 0 Å². The molecule has 1 aliphatic heterocycles. The van der Waals surface area contributed by atoms with Crippen molar-refractivity contribution in [3.05, 3.63) is 30.5 Å². The third-order valence-electron chi connectivity index (χ3n) is 3.21. The van der Waals surface area contributed by atoms with Crippen molar-refractivity contribution in [3.63, 3.8) is 0 Å². The highest BCUT2D eigenvalue weighted by Crippen LogP contribution is 2.26. The van der Waals surface area contributed by atoms with Crippen LogP contribution in [0.5, 0.6) is 0 Å². The Bertz CT molecular complexity index is 561. The predicted octanol–water partition coefficient (Wildman–Crippen LogP) is 2.86. The fraction of sp³-hybridized carbons (Fsp3) is 0.385. The summed E-state index contributed by atoms with van der Waals surface area (Å²) in [6.07, 6.45) is -0.552. The molecule has 1 aromatic heterocycles. The van der Waals surface area contributed by atoms with Crippen LogP contribution in [0.2, 0.25) is 0 Å². The van der Waals surface area contributed by atoms with Gasteiger partial charge in [0.05, 0.1) is 5.52 Å². The van der Waals surface area contributed by atoms with Gasteiger partial charge in [-0.15, -0.1) is 0 Å². The Hall–Kier alpha value is -1.78. The zero-order valence-corrected chi connectivity index (χ0v) is 9.76. The molecule has 0 saturated carbocycles. The molecule has 18 heavy (non-hydrogen) atoms. The SMILES string of the molecule is FC1CCCN(c2ncc3ccccc3n2)C1F. The molecule has 5 heteroatoms. The van der Waals surface area contributed by atoms with Gasteiger partial charge < -0.3 is 4.90 Å². The van der Waals surface area contributed by atoms with E-state index in [0.29, 0.717) is 13.0 Å². The average molecular weight is 249 g/mol. The molecule has 1 aromatic carbocycles. The molecule has 0 spiro atoms. The number of fused-ring (bicyclic) bond motifs is 1. The molecule has 0 aliphatic carbocycles. The van der Waals surface area contributed by atoms with Gasteiger partial charge in [0.1, 0.15) is 6.17 Å². The number of rotatable bonds is 1. The second-order valence-electron chi connectivity index (χ2n) is 4.45. The van der Waals surface area contributed by atoms with Gasteiger partial charge in [0.2, 0.25) is 12.2 Å². The summed E-state index contributed by atoms with van der Waals surface area (Å²) < 4.78 is 27.2. The van der Waals surface area contributed by atoms with E-state index in [9.17, 15) is 8.78 Å². The lowest BCUT2D eigenvalue weighted by molar-refractivity contribution is 0.128. The number of hydrogen-bond donors (Lipinski definition) is 0. The number of para-hydroxylation sites is 1. The summed E-state index contributed by atoms with van der Waals surface area (Å²) in [6, 6.07) is 7.48. The molecule has 2 atom stereocenters. The highest BCUT2D eigenvalue weighted by Gasteiger charge is 2.32. The molecule has 1 fully saturated rings. The summed E-state index contributed by atoms with van der Waals surface area (Å²) in [5.41, 5.74) is 0.746. The number of alkyl halides is 2. The summed E-state index contributed by atoms with van der Waals surface area (Å²) in [5.74, 6) is 0.267. The standard InChI is InChI=1S/C13H13F2N3/c14-10-5-3-7-18(12(10)15)13-16-8-9-4-1-2-6-11(9)17-13/h1-2,4,6,8,10,12H,3,5,7H2. The van der Waals surface area contributed by atoms with Gasteiger partial charge in [-0.05, 0) is 18.9 Å². The van der Waals surface area contributed by atoms with Gasteiger partial charge in [-0.3, -0.25) is 0 Å². The normalized spacial score (nSPS) is 24.4. The fourth-order valence-corrected chi connectivity index (χ4v) is 2.22. The molecule has 1 saturated heterocycles. The Morgan fingerprint density at radius 3 is 2.94 bits per heavy atom. The van der Waals surface area contributed by atoms with Gasteiger partial charge in [0.25, 0.3) is 0 Å². The molecule has 3 nitrogen and oxygen atoms in total. The lowest BCUT2D eigenvalue weighted by Gasteiger charge is -2.32. The van der Waals surface area contributed by atoms with E-state index in [1.54, 1.807) is 6.20 Å². The summed E-state index contributed by atoms with van der Waals surface area (Å²) in [7, 11) is 0. The van der Waals surface area contributed by atoms with E-state index in [1.807, 2.05) is 24.3 Å². The van der Waals surface area contributed by atoms with Crippen molar-refractivity contribution in [1.29, 1.82) is 0 Å². The Balaban J connectivity index is 1.98. The van der Waals surface area contributed by atoms with Crippen molar-refractivity contribution in [2.75, 3.05) is 11.4 Å². The third kappa shape index (κ3) is 1.89. The number of aromatic nitrogens is 2. The molecule has 1 aliphatic rings. The first kappa shape index (κ1) is 11.3. The molecule has 2 heterocycles. The van der Waals surface area contributed by atoms with Gasteiger partial charge in [-0.25, -0.2) is 18.7 Å². The number of nitrogens with zero attached hydrogens (tertiary/aromatic N) is 3. The van der Waals surface area contributed by atoms with E-state index in [4.69, 9.17) is 0 Å². The molecule has 2 unspecified atom stereocenters. The maximum Gasteiger partial charge on any atom is 0.228 e. The van der Waals surface area contributed by atoms with Gasteiger partial charge >= 0.3 is 0 Å². The van der Waals surface area contributed by atoms with Crippen molar-refractivity contribution in [3.8, 4) is 0 Å². The third-order valence-corrected chi connectivity index (χ3v) is 3.21. The lowest BCUT2D eigenvalue weighted by Crippen LogP contribution is -2.44. The first-order valence-electron chi connectivity index (χ1n) is 6.02. The van der Waals surface area contributed by atoms with Gasteiger partial charge in [-0.1, -0.05) is 18.2 Å². The van der Waals surface area contributed by atoms with Crippen molar-refractivity contribution >= 4 is 16.9 Å². The minimum Gasteiger partial charge on any atom is -0.308 e. The van der Waals surface area contributed by atoms with E-state index < -0.39 is 12.5 Å². The molecule has 2 aromatic rings. The number of benzene rings is 1. The quantitative estimate of drug-likeness (QED) is 0.728. The Morgan fingerprint density at radius 1 is 1.22 bits per heavy atom. The van der Waals surface area contributed by atoms with Crippen LogP contribution in [0.4, 0.5) is 14.7 Å². The van der Waals surface area contributed by atoms with E-state index in [-0.39, 0.29) is 12.4 Å². The first-order chi connectivity index (χ1) is 8.75. The number of halogens is 2. The Labute approximate surface area is 103 Å². The monoisotopic (exact) mass is 249 g/mol. The largest absolute Gasteiger partial charge is 0.308 e. The highest BCUT2D eigenvalue weighted by atomic mass is 19.2. The molecule has 3 rings (SSSR count). The van der Waals surface area contributed by atoms with Crippen LogP contribution in [0.3, 0.4) is 0 Å². The van der Waals surface area contributed by atoms with Crippen molar-refractivity contribution in [1.82, 2.24) is 9.97 Å². The molecular formula is C13H13F2N3. The molecule has 0 bridgehead atoms. The topological polar surface area (TPSA) is 29.0 Å². The van der Waals surface area contributed by atoms with Crippen molar-refractivity contribution in [2.24, 2.45) is 0 Å². The van der Waals surface area contributed by atoms with Crippen LogP contribution < -0.4 is 4.90 Å². The van der Waals surface area contributed by atoms with Crippen LogP contribution in [0, 0.1) is 0 Å². The van der Waals surface area contributed by atoms with Crippen molar-refractivity contribution < 1.29 is 8.78 Å². The van der Waals surface area contributed by atoms with E-state index in [0.717, 1.165) is 10.9 Å². The summed E-state index contributed by atoms with van der Waals surface area (Å²) >= 11 is 0. The van der Waals surface area contributed by atoms with Crippen LogP contribution in [0.15, 0.2) is 30.5 Å². The van der Waals surface area contributed by atoms with Crippen molar-refractivity contribution in [2.45, 2.75) is 25.3 Å². The van der Waals surface area contributed by atoms with Gasteiger partial charge in [0, 0.05) is 18.1 Å². The molecule has 94 valence electrons.